The van der Waals surface area contributed by atoms with E-state index in [1.54, 1.807) is 13.3 Å². The molecule has 7 nitrogen and oxygen atoms in total. The maximum absolute atomic E-state index is 6.32. The van der Waals surface area contributed by atoms with Crippen LogP contribution in [0.5, 0.6) is 5.75 Å². The maximum atomic E-state index is 6.32. The number of halogens is 3. The Kier molecular flexibility index (Phi) is 8.21. The van der Waals surface area contributed by atoms with Gasteiger partial charge in [-0.1, -0.05) is 40.9 Å². The molecular weight excluding hydrogens is 495 g/mol. The standard InChI is InChI=1S/C24H27Cl3N6O/c1-32-10-12-33(13-11-32)16-6-7-21(22(14-16)34-2)30-24-29-15-20(27)23(31-24)28-9-8-17-18(25)4-3-5-19(17)26/h3-7,14-15H,8-13H2,1-2H3,(H2,28,29,30,31). The topological polar surface area (TPSA) is 65.6 Å². The van der Waals surface area contributed by atoms with Crippen LogP contribution >= 0.6 is 34.8 Å². The van der Waals surface area contributed by atoms with E-state index in [2.05, 4.69) is 43.5 Å². The largest absolute Gasteiger partial charge is 0.494 e. The summed E-state index contributed by atoms with van der Waals surface area (Å²) in [5, 5.41) is 8.18. The first-order valence-corrected chi connectivity index (χ1v) is 12.2. The van der Waals surface area contributed by atoms with Crippen LogP contribution in [0.4, 0.5) is 23.1 Å². The molecule has 0 saturated carbocycles. The Morgan fingerprint density at radius 3 is 2.44 bits per heavy atom. The Hall–Kier alpha value is -2.45. The third-order valence-electron chi connectivity index (χ3n) is 5.77. The average Bonchev–Trinajstić information content (AvgIpc) is 2.83. The van der Waals surface area contributed by atoms with Gasteiger partial charge in [-0.05, 0) is 43.3 Å². The summed E-state index contributed by atoms with van der Waals surface area (Å²) in [6, 6.07) is 11.6. The quantitative estimate of drug-likeness (QED) is 0.400. The molecule has 3 aromatic rings. The van der Waals surface area contributed by atoms with Gasteiger partial charge in [0.1, 0.15) is 10.8 Å². The van der Waals surface area contributed by atoms with Crippen LogP contribution in [0.2, 0.25) is 15.1 Å². The van der Waals surface area contributed by atoms with Crippen molar-refractivity contribution in [1.82, 2.24) is 14.9 Å². The SMILES string of the molecule is COc1cc(N2CCN(C)CC2)ccc1Nc1ncc(Cl)c(NCCc2c(Cl)cccc2Cl)n1. The number of likely N-dealkylation sites (N-methyl/N-ethyl adjacent to an activating group) is 1. The van der Waals surface area contributed by atoms with Crippen molar-refractivity contribution in [3.63, 3.8) is 0 Å². The van der Waals surface area contributed by atoms with Gasteiger partial charge in [0.25, 0.3) is 0 Å². The molecule has 1 fully saturated rings. The van der Waals surface area contributed by atoms with Crippen molar-refractivity contribution < 1.29 is 4.74 Å². The van der Waals surface area contributed by atoms with Crippen molar-refractivity contribution >= 4 is 57.9 Å². The maximum Gasteiger partial charge on any atom is 0.229 e. The van der Waals surface area contributed by atoms with Gasteiger partial charge in [0.15, 0.2) is 5.82 Å². The van der Waals surface area contributed by atoms with Gasteiger partial charge < -0.3 is 25.2 Å². The molecule has 1 aromatic heterocycles. The first-order valence-electron chi connectivity index (χ1n) is 11.0. The Bertz CT molecular complexity index is 1120. The van der Waals surface area contributed by atoms with Crippen molar-refractivity contribution in [2.45, 2.75) is 6.42 Å². The fraction of sp³-hybridized carbons (Fsp3) is 0.333. The second-order valence-electron chi connectivity index (χ2n) is 8.07. The lowest BCUT2D eigenvalue weighted by Crippen LogP contribution is -2.44. The highest BCUT2D eigenvalue weighted by atomic mass is 35.5. The lowest BCUT2D eigenvalue weighted by atomic mass is 10.1. The Morgan fingerprint density at radius 1 is 1.00 bits per heavy atom. The second-order valence-corrected chi connectivity index (χ2v) is 9.29. The van der Waals surface area contributed by atoms with Crippen LogP contribution in [0.15, 0.2) is 42.6 Å². The molecule has 1 saturated heterocycles. The summed E-state index contributed by atoms with van der Waals surface area (Å²) >= 11 is 18.8. The molecule has 0 unspecified atom stereocenters. The van der Waals surface area contributed by atoms with Crippen LogP contribution in [0.25, 0.3) is 0 Å². The minimum atomic E-state index is 0.410. The van der Waals surface area contributed by atoms with Gasteiger partial charge >= 0.3 is 0 Å². The Balaban J connectivity index is 1.44. The number of anilines is 4. The summed E-state index contributed by atoms with van der Waals surface area (Å²) in [4.78, 5) is 13.5. The molecule has 4 rings (SSSR count). The number of piperazine rings is 1. The number of nitrogens with one attached hydrogen (secondary N) is 2. The van der Waals surface area contributed by atoms with Crippen LogP contribution in [0, 0.1) is 0 Å². The number of hydrogen-bond donors (Lipinski definition) is 2. The molecule has 0 aliphatic carbocycles. The Labute approximate surface area is 215 Å². The van der Waals surface area contributed by atoms with Crippen LogP contribution in [0.1, 0.15) is 5.56 Å². The van der Waals surface area contributed by atoms with Gasteiger partial charge in [-0.15, -0.1) is 0 Å². The summed E-state index contributed by atoms with van der Waals surface area (Å²) in [6.45, 7) is 4.61. The molecule has 34 heavy (non-hydrogen) atoms. The molecule has 2 N–H and O–H groups in total. The van der Waals surface area contributed by atoms with Crippen LogP contribution in [0.3, 0.4) is 0 Å². The molecular formula is C24H27Cl3N6O. The number of hydrogen-bond acceptors (Lipinski definition) is 7. The molecule has 0 bridgehead atoms. The molecule has 180 valence electrons. The molecule has 1 aliphatic rings. The zero-order valence-electron chi connectivity index (χ0n) is 19.1. The van der Waals surface area contributed by atoms with Crippen molar-refractivity contribution in [3.8, 4) is 5.75 Å². The lowest BCUT2D eigenvalue weighted by Gasteiger charge is -2.34. The van der Waals surface area contributed by atoms with E-state index < -0.39 is 0 Å². The predicted octanol–water partition coefficient (Wildman–Crippen LogP) is 5.60. The van der Waals surface area contributed by atoms with Crippen LogP contribution in [-0.2, 0) is 6.42 Å². The summed E-state index contributed by atoms with van der Waals surface area (Å²) in [5.41, 5.74) is 2.79. The summed E-state index contributed by atoms with van der Waals surface area (Å²) < 4.78 is 5.64. The van der Waals surface area contributed by atoms with E-state index in [4.69, 9.17) is 39.5 Å². The minimum absolute atomic E-state index is 0.410. The monoisotopic (exact) mass is 520 g/mol. The fourth-order valence-electron chi connectivity index (χ4n) is 3.79. The highest BCUT2D eigenvalue weighted by Gasteiger charge is 2.16. The first-order chi connectivity index (χ1) is 16.4. The number of methoxy groups -OCH3 is 1. The summed E-state index contributed by atoms with van der Waals surface area (Å²) in [7, 11) is 3.80. The fourth-order valence-corrected chi connectivity index (χ4v) is 4.54. The third kappa shape index (κ3) is 5.96. The van der Waals surface area contributed by atoms with E-state index in [1.165, 1.54) is 0 Å². The van der Waals surface area contributed by atoms with Crippen LogP contribution in [-0.4, -0.2) is 61.7 Å². The Morgan fingerprint density at radius 2 is 1.74 bits per heavy atom. The molecule has 0 radical (unpaired) electrons. The number of aromatic nitrogens is 2. The van der Waals surface area contributed by atoms with Gasteiger partial charge in [0.2, 0.25) is 5.95 Å². The number of rotatable bonds is 8. The van der Waals surface area contributed by atoms with Crippen molar-refractivity contribution in [2.75, 3.05) is 62.4 Å². The van der Waals surface area contributed by atoms with Crippen molar-refractivity contribution in [3.05, 3.63) is 63.2 Å². The van der Waals surface area contributed by atoms with E-state index in [-0.39, 0.29) is 0 Å². The van der Waals surface area contributed by atoms with E-state index in [9.17, 15) is 0 Å². The number of nitrogens with zero attached hydrogens (tertiary/aromatic N) is 4. The molecule has 0 spiro atoms. The van der Waals surface area contributed by atoms with Gasteiger partial charge in [0.05, 0.1) is 19.0 Å². The highest BCUT2D eigenvalue weighted by molar-refractivity contribution is 6.36. The zero-order valence-corrected chi connectivity index (χ0v) is 21.4. The lowest BCUT2D eigenvalue weighted by molar-refractivity contribution is 0.312. The predicted molar refractivity (Wildman–Crippen MR) is 142 cm³/mol. The van der Waals surface area contributed by atoms with E-state index in [1.807, 2.05) is 30.3 Å². The van der Waals surface area contributed by atoms with Crippen molar-refractivity contribution in [1.29, 1.82) is 0 Å². The van der Waals surface area contributed by atoms with E-state index in [0.29, 0.717) is 39.8 Å². The summed E-state index contributed by atoms with van der Waals surface area (Å²) in [5.74, 6) is 1.65. The minimum Gasteiger partial charge on any atom is -0.494 e. The van der Waals surface area contributed by atoms with Crippen molar-refractivity contribution in [2.24, 2.45) is 0 Å². The normalized spacial score (nSPS) is 14.2. The zero-order chi connectivity index (χ0) is 24.1. The summed E-state index contributed by atoms with van der Waals surface area (Å²) in [6.07, 6.45) is 2.19. The molecule has 0 amide bonds. The third-order valence-corrected chi connectivity index (χ3v) is 6.76. The second kappa shape index (κ2) is 11.3. The van der Waals surface area contributed by atoms with E-state index in [0.717, 1.165) is 48.9 Å². The smallest absolute Gasteiger partial charge is 0.229 e. The average molecular weight is 522 g/mol. The van der Waals surface area contributed by atoms with Crippen LogP contribution < -0.4 is 20.3 Å². The number of benzene rings is 2. The highest BCUT2D eigenvalue weighted by Crippen LogP contribution is 2.32. The molecule has 2 heterocycles. The van der Waals surface area contributed by atoms with Gasteiger partial charge in [-0.2, -0.15) is 4.98 Å². The molecule has 0 atom stereocenters. The van der Waals surface area contributed by atoms with Gasteiger partial charge in [-0.3, -0.25) is 0 Å². The van der Waals surface area contributed by atoms with Gasteiger partial charge in [0, 0.05) is 54.5 Å². The molecule has 2 aromatic carbocycles. The number of ether oxygens (including phenoxy) is 1. The van der Waals surface area contributed by atoms with E-state index >= 15 is 0 Å². The molecule has 10 heteroatoms. The van der Waals surface area contributed by atoms with Gasteiger partial charge in [-0.25, -0.2) is 4.98 Å². The molecule has 1 aliphatic heterocycles. The first kappa shape index (κ1) is 24.7.